The molecule has 1 unspecified atom stereocenters. The number of benzene rings is 1. The lowest BCUT2D eigenvalue weighted by atomic mass is 10.2. The molecule has 0 aliphatic rings. The summed E-state index contributed by atoms with van der Waals surface area (Å²) in [5, 5.41) is 18.4. The summed E-state index contributed by atoms with van der Waals surface area (Å²) in [5.41, 5.74) is 0.834. The monoisotopic (exact) mass is 697 g/mol. The van der Waals surface area contributed by atoms with E-state index in [-0.39, 0.29) is 24.7 Å². The normalized spacial score (nSPS) is 12.8. The van der Waals surface area contributed by atoms with E-state index in [2.05, 4.69) is 50.8 Å². The maximum Gasteiger partial charge on any atom is 0.246 e. The molecule has 4 aromatic rings. The zero-order valence-electron chi connectivity index (χ0n) is 23.9. The van der Waals surface area contributed by atoms with Crippen molar-refractivity contribution in [1.82, 2.24) is 19.7 Å². The molecule has 1 N–H and O–H groups in total. The van der Waals surface area contributed by atoms with Crippen LogP contribution in [0.15, 0.2) is 57.7 Å². The molecule has 0 aliphatic carbocycles. The summed E-state index contributed by atoms with van der Waals surface area (Å²) in [6.45, 7) is 5.91. The van der Waals surface area contributed by atoms with Crippen LogP contribution in [-0.4, -0.2) is 74.0 Å². The number of sulfonamides is 1. The number of aliphatic hydroxyl groups excluding tert-OH is 1. The van der Waals surface area contributed by atoms with Crippen molar-refractivity contribution in [2.24, 2.45) is 0 Å². The molecule has 0 bridgehead atoms. The number of para-hydroxylation sites is 1. The molecule has 4 rings (SSSR count). The number of nitrogens with zero attached hydrogens (tertiary/aromatic N) is 5. The van der Waals surface area contributed by atoms with Gasteiger partial charge in [-0.25, -0.2) is 12.7 Å². The number of hydrogen-bond donors (Lipinski definition) is 1. The van der Waals surface area contributed by atoms with E-state index < -0.39 is 30.0 Å². The standard InChI is InChI=1S/C27H33BrClN5O6SSi/c1-38-22-8-6-9-23(39-2)25(22)34-26(24-10-7-12-40-24)31-32-27(34)33(11-13-42(3,4)5)41(36,37)19(17-35)15-21-20(28)14-18(29)16-30-21/h6-10,12,14,16,19,35H,11,13,15,17H2,1-5H3. The largest absolute Gasteiger partial charge is 0.494 e. The van der Waals surface area contributed by atoms with E-state index in [0.29, 0.717) is 44.2 Å². The van der Waals surface area contributed by atoms with Gasteiger partial charge < -0.3 is 19.0 Å². The first-order valence-electron chi connectivity index (χ1n) is 13.0. The van der Waals surface area contributed by atoms with Gasteiger partial charge in [0.15, 0.2) is 5.76 Å². The van der Waals surface area contributed by atoms with Crippen LogP contribution in [0.4, 0.5) is 5.95 Å². The summed E-state index contributed by atoms with van der Waals surface area (Å²) >= 11 is 9.46. The highest BCUT2D eigenvalue weighted by Crippen LogP contribution is 2.39. The molecule has 226 valence electrons. The van der Waals surface area contributed by atoms with Crippen LogP contribution in [0, 0.1) is 0 Å². The van der Waals surface area contributed by atoms with Crippen molar-refractivity contribution in [3.8, 4) is 28.8 Å². The molecule has 11 nitrogen and oxygen atoms in total. The van der Waals surface area contributed by atoms with Crippen molar-refractivity contribution in [3.63, 3.8) is 0 Å². The summed E-state index contributed by atoms with van der Waals surface area (Å²) in [7, 11) is -3.02. The number of furan rings is 1. The zero-order chi connectivity index (χ0) is 30.7. The lowest BCUT2D eigenvalue weighted by Crippen LogP contribution is -2.45. The van der Waals surface area contributed by atoms with Crippen LogP contribution >= 0.6 is 27.5 Å². The van der Waals surface area contributed by atoms with Crippen LogP contribution in [0.5, 0.6) is 11.5 Å². The second kappa shape index (κ2) is 13.2. The molecule has 0 fully saturated rings. The molecular weight excluding hydrogens is 666 g/mol. The predicted molar refractivity (Wildman–Crippen MR) is 168 cm³/mol. The minimum absolute atomic E-state index is 0.00373. The number of aromatic nitrogens is 4. The fourth-order valence-corrected chi connectivity index (χ4v) is 7.76. The van der Waals surface area contributed by atoms with Crippen LogP contribution < -0.4 is 13.8 Å². The Labute approximate surface area is 259 Å². The zero-order valence-corrected chi connectivity index (χ0v) is 28.1. The second-order valence-electron chi connectivity index (χ2n) is 10.7. The molecule has 0 saturated carbocycles. The molecule has 42 heavy (non-hydrogen) atoms. The second-order valence-corrected chi connectivity index (χ2v) is 19.7. The van der Waals surface area contributed by atoms with E-state index in [1.807, 2.05) is 0 Å². The number of anilines is 1. The van der Waals surface area contributed by atoms with Gasteiger partial charge >= 0.3 is 0 Å². The molecule has 1 atom stereocenters. The Morgan fingerprint density at radius 2 is 1.83 bits per heavy atom. The van der Waals surface area contributed by atoms with E-state index >= 15 is 0 Å². The first-order valence-corrected chi connectivity index (χ1v) is 19.4. The van der Waals surface area contributed by atoms with Crippen LogP contribution in [0.2, 0.25) is 30.7 Å². The van der Waals surface area contributed by atoms with Gasteiger partial charge in [-0.1, -0.05) is 37.3 Å². The van der Waals surface area contributed by atoms with Gasteiger partial charge in [-0.3, -0.25) is 9.55 Å². The molecule has 0 saturated heterocycles. The highest BCUT2D eigenvalue weighted by Gasteiger charge is 2.38. The Morgan fingerprint density at radius 1 is 1.14 bits per heavy atom. The molecule has 3 heterocycles. The van der Waals surface area contributed by atoms with Crippen molar-refractivity contribution in [2.75, 3.05) is 31.7 Å². The van der Waals surface area contributed by atoms with Gasteiger partial charge in [0.25, 0.3) is 0 Å². The minimum Gasteiger partial charge on any atom is -0.494 e. The summed E-state index contributed by atoms with van der Waals surface area (Å²) in [6.07, 6.45) is 2.86. The lowest BCUT2D eigenvalue weighted by Gasteiger charge is -2.30. The smallest absolute Gasteiger partial charge is 0.246 e. The minimum atomic E-state index is -4.26. The first-order chi connectivity index (χ1) is 19.9. The quantitative estimate of drug-likeness (QED) is 0.182. The molecular formula is C27H33BrClN5O6SSi. The number of ether oxygens (including phenoxy) is 2. The number of halogens is 2. The lowest BCUT2D eigenvalue weighted by molar-refractivity contribution is 0.288. The van der Waals surface area contributed by atoms with E-state index in [4.69, 9.17) is 25.5 Å². The predicted octanol–water partition coefficient (Wildman–Crippen LogP) is 5.43. The van der Waals surface area contributed by atoms with Crippen molar-refractivity contribution >= 4 is 51.6 Å². The maximum atomic E-state index is 14.5. The Bertz CT molecular complexity index is 1610. The van der Waals surface area contributed by atoms with E-state index in [0.717, 1.165) is 0 Å². The average molecular weight is 699 g/mol. The molecule has 15 heteroatoms. The van der Waals surface area contributed by atoms with Crippen LogP contribution in [0.25, 0.3) is 17.3 Å². The molecule has 3 aromatic heterocycles. The molecule has 0 aliphatic heterocycles. The number of hydrogen-bond acceptors (Lipinski definition) is 9. The van der Waals surface area contributed by atoms with Gasteiger partial charge in [0.05, 0.1) is 37.8 Å². The number of methoxy groups -OCH3 is 2. The summed E-state index contributed by atoms with van der Waals surface area (Å²) in [5.74, 6) is 1.41. The van der Waals surface area contributed by atoms with Crippen molar-refractivity contribution in [1.29, 1.82) is 0 Å². The number of aliphatic hydroxyl groups is 1. The number of rotatable bonds is 13. The first kappa shape index (κ1) is 32.0. The van der Waals surface area contributed by atoms with Gasteiger partial charge in [-0.2, -0.15) is 0 Å². The van der Waals surface area contributed by atoms with Crippen LogP contribution in [0.3, 0.4) is 0 Å². The van der Waals surface area contributed by atoms with Crippen LogP contribution in [0.1, 0.15) is 5.69 Å². The van der Waals surface area contributed by atoms with Crippen LogP contribution in [-0.2, 0) is 16.4 Å². The Hall–Kier alpha value is -2.91. The van der Waals surface area contributed by atoms with Gasteiger partial charge in [0.1, 0.15) is 22.4 Å². The van der Waals surface area contributed by atoms with E-state index in [9.17, 15) is 13.5 Å². The van der Waals surface area contributed by atoms with Gasteiger partial charge in [-0.15, -0.1) is 10.2 Å². The SMILES string of the molecule is COc1cccc(OC)c1-n1c(-c2ccco2)nnc1N(CC[Si](C)(C)C)S(=O)(=O)C(CO)Cc1ncc(Cl)cc1Br. The highest BCUT2D eigenvalue weighted by molar-refractivity contribution is 9.10. The van der Waals surface area contributed by atoms with Gasteiger partial charge in [-0.05, 0) is 52.3 Å². The fraction of sp³-hybridized carbons (Fsp3) is 0.370. The number of pyridine rings is 1. The third-order valence-corrected chi connectivity index (χ3v) is 11.3. The summed E-state index contributed by atoms with van der Waals surface area (Å²) < 4.78 is 49.3. The Balaban J connectivity index is 1.95. The molecule has 0 spiro atoms. The van der Waals surface area contributed by atoms with Gasteiger partial charge in [0, 0.05) is 31.7 Å². The van der Waals surface area contributed by atoms with Crippen molar-refractivity contribution in [3.05, 3.63) is 64.0 Å². The Kier molecular flexibility index (Phi) is 10.0. The maximum absolute atomic E-state index is 14.5. The van der Waals surface area contributed by atoms with Crippen molar-refractivity contribution in [2.45, 2.75) is 37.4 Å². The van der Waals surface area contributed by atoms with E-state index in [1.54, 1.807) is 41.0 Å². The average Bonchev–Trinajstić information content (AvgIpc) is 3.61. The highest BCUT2D eigenvalue weighted by atomic mass is 79.9. The molecule has 1 aromatic carbocycles. The molecule has 0 amide bonds. The third kappa shape index (κ3) is 6.83. The Morgan fingerprint density at radius 3 is 2.38 bits per heavy atom. The van der Waals surface area contributed by atoms with Crippen molar-refractivity contribution < 1.29 is 27.4 Å². The topological polar surface area (TPSA) is 133 Å². The summed E-state index contributed by atoms with van der Waals surface area (Å²) in [4.78, 5) is 4.30. The third-order valence-electron chi connectivity index (χ3n) is 6.54. The van der Waals surface area contributed by atoms with Gasteiger partial charge in [0.2, 0.25) is 21.8 Å². The summed E-state index contributed by atoms with van der Waals surface area (Å²) in [6, 6.07) is 10.9. The fourth-order valence-electron chi connectivity index (χ4n) is 4.29. The van der Waals surface area contributed by atoms with E-state index in [1.165, 1.54) is 31.0 Å². The molecule has 0 radical (unpaired) electrons.